The van der Waals surface area contributed by atoms with Gasteiger partial charge in [0.05, 0.1) is 5.56 Å². The summed E-state index contributed by atoms with van der Waals surface area (Å²) in [6, 6.07) is 7.50. The SMILES string of the molecule is O=C(O)c1cc(O)c(O)c(O)c1.O=C(O)c1ccccc1O. The topological polar surface area (TPSA) is 156 Å². The second-order valence-corrected chi connectivity index (χ2v) is 3.99. The molecule has 22 heavy (non-hydrogen) atoms. The molecule has 6 N–H and O–H groups in total. The van der Waals surface area contributed by atoms with Crippen LogP contribution in [0.1, 0.15) is 20.7 Å². The molecule has 2 aromatic carbocycles. The van der Waals surface area contributed by atoms with Crippen LogP contribution in [-0.4, -0.2) is 42.6 Å². The van der Waals surface area contributed by atoms with Gasteiger partial charge in [-0.3, -0.25) is 0 Å². The molecular formula is C14H12O8. The molecular weight excluding hydrogens is 296 g/mol. The predicted octanol–water partition coefficient (Wildman–Crippen LogP) is 1.59. The van der Waals surface area contributed by atoms with Crippen molar-refractivity contribution < 1.29 is 40.2 Å². The van der Waals surface area contributed by atoms with Crippen LogP contribution >= 0.6 is 0 Å². The number of carboxylic acid groups (broad SMARTS) is 2. The van der Waals surface area contributed by atoms with Crippen LogP contribution < -0.4 is 0 Å². The summed E-state index contributed by atoms with van der Waals surface area (Å²) in [5.74, 6) is -4.64. The molecule has 0 saturated carbocycles. The van der Waals surface area contributed by atoms with Gasteiger partial charge < -0.3 is 30.6 Å². The summed E-state index contributed by atoms with van der Waals surface area (Å²) >= 11 is 0. The van der Waals surface area contributed by atoms with Crippen LogP contribution in [0.5, 0.6) is 23.0 Å². The number of para-hydroxylation sites is 1. The van der Waals surface area contributed by atoms with E-state index in [-0.39, 0.29) is 16.9 Å². The van der Waals surface area contributed by atoms with Crippen molar-refractivity contribution in [3.63, 3.8) is 0 Å². The van der Waals surface area contributed by atoms with Crippen molar-refractivity contribution in [1.29, 1.82) is 0 Å². The minimum atomic E-state index is -1.29. The zero-order valence-corrected chi connectivity index (χ0v) is 11.0. The van der Waals surface area contributed by atoms with Crippen molar-refractivity contribution in [2.75, 3.05) is 0 Å². The van der Waals surface area contributed by atoms with Crippen molar-refractivity contribution in [2.24, 2.45) is 0 Å². The summed E-state index contributed by atoms with van der Waals surface area (Å²) in [5.41, 5.74) is -0.356. The number of rotatable bonds is 2. The van der Waals surface area contributed by atoms with Crippen LogP contribution in [-0.2, 0) is 0 Å². The number of carbonyl (C=O) groups is 2. The molecule has 0 aliphatic carbocycles. The molecule has 0 amide bonds. The maximum atomic E-state index is 10.3. The van der Waals surface area contributed by atoms with E-state index in [1.165, 1.54) is 12.1 Å². The minimum Gasteiger partial charge on any atom is -0.507 e. The van der Waals surface area contributed by atoms with Crippen LogP contribution in [0.15, 0.2) is 36.4 Å². The van der Waals surface area contributed by atoms with E-state index in [0.29, 0.717) is 0 Å². The average Bonchev–Trinajstić information content (AvgIpc) is 2.45. The fraction of sp³-hybridized carbons (Fsp3) is 0. The lowest BCUT2D eigenvalue weighted by Gasteiger charge is -2.01. The smallest absolute Gasteiger partial charge is 0.339 e. The van der Waals surface area contributed by atoms with Crippen LogP contribution in [0.2, 0.25) is 0 Å². The molecule has 0 aromatic heterocycles. The molecule has 0 aliphatic rings. The molecule has 0 radical (unpaired) electrons. The van der Waals surface area contributed by atoms with Crippen LogP contribution in [0.3, 0.4) is 0 Å². The van der Waals surface area contributed by atoms with Crippen LogP contribution in [0.25, 0.3) is 0 Å². The molecule has 0 spiro atoms. The van der Waals surface area contributed by atoms with E-state index in [4.69, 9.17) is 30.6 Å². The second kappa shape index (κ2) is 6.84. The second-order valence-electron chi connectivity index (χ2n) is 3.99. The highest BCUT2D eigenvalue weighted by Gasteiger charge is 2.11. The van der Waals surface area contributed by atoms with Gasteiger partial charge in [0, 0.05) is 0 Å². The van der Waals surface area contributed by atoms with Crippen molar-refractivity contribution in [3.8, 4) is 23.0 Å². The standard InChI is InChI=1S/C7H6O5.C7H6O3/c8-4-1-3(7(11)12)2-5(9)6(4)10;8-6-4-2-1-3-5(6)7(9)10/h1-2,8-10H,(H,11,12);1-4,8H,(H,9,10). The van der Waals surface area contributed by atoms with Gasteiger partial charge in [-0.15, -0.1) is 0 Å². The van der Waals surface area contributed by atoms with E-state index in [1.807, 2.05) is 0 Å². The molecule has 116 valence electrons. The molecule has 8 heteroatoms. The number of phenolic OH excluding ortho intramolecular Hbond substituents is 3. The largest absolute Gasteiger partial charge is 0.507 e. The summed E-state index contributed by atoms with van der Waals surface area (Å²) in [6.07, 6.45) is 0. The molecule has 0 fully saturated rings. The van der Waals surface area contributed by atoms with Crippen molar-refractivity contribution in [2.45, 2.75) is 0 Å². The lowest BCUT2D eigenvalue weighted by Crippen LogP contribution is -1.95. The van der Waals surface area contributed by atoms with E-state index >= 15 is 0 Å². The van der Waals surface area contributed by atoms with Gasteiger partial charge in [0.1, 0.15) is 11.3 Å². The van der Waals surface area contributed by atoms with Crippen LogP contribution in [0, 0.1) is 0 Å². The van der Waals surface area contributed by atoms with Gasteiger partial charge in [0.15, 0.2) is 17.2 Å². The Morgan fingerprint density at radius 1 is 0.727 bits per heavy atom. The Hall–Kier alpha value is -3.42. The summed E-state index contributed by atoms with van der Waals surface area (Å²) in [5, 5.41) is 52.3. The molecule has 0 heterocycles. The van der Waals surface area contributed by atoms with Crippen molar-refractivity contribution >= 4 is 11.9 Å². The van der Waals surface area contributed by atoms with E-state index in [2.05, 4.69) is 0 Å². The van der Waals surface area contributed by atoms with E-state index in [1.54, 1.807) is 12.1 Å². The van der Waals surface area contributed by atoms with Crippen LogP contribution in [0.4, 0.5) is 0 Å². The third kappa shape index (κ3) is 4.04. The van der Waals surface area contributed by atoms with Gasteiger partial charge >= 0.3 is 11.9 Å². The predicted molar refractivity (Wildman–Crippen MR) is 73.5 cm³/mol. The highest BCUT2D eigenvalue weighted by molar-refractivity contribution is 5.90. The molecule has 2 aromatic rings. The Morgan fingerprint density at radius 3 is 1.59 bits per heavy atom. The van der Waals surface area contributed by atoms with Crippen molar-refractivity contribution in [1.82, 2.24) is 0 Å². The third-order valence-corrected chi connectivity index (χ3v) is 2.45. The first-order valence-corrected chi connectivity index (χ1v) is 5.73. The Bertz CT molecular complexity index is 685. The maximum absolute atomic E-state index is 10.3. The zero-order chi connectivity index (χ0) is 16.9. The number of carboxylic acids is 2. The normalized spacial score (nSPS) is 9.45. The Kier molecular flexibility index (Phi) is 5.17. The number of aromatic hydroxyl groups is 4. The number of benzene rings is 2. The van der Waals surface area contributed by atoms with Gasteiger partial charge in [-0.1, -0.05) is 12.1 Å². The Morgan fingerprint density at radius 2 is 1.23 bits per heavy atom. The Balaban J connectivity index is 0.000000224. The Labute approximate surface area is 123 Å². The molecule has 0 bridgehead atoms. The number of phenols is 4. The molecule has 0 atom stereocenters. The molecule has 0 unspecified atom stereocenters. The lowest BCUT2D eigenvalue weighted by atomic mass is 10.2. The number of hydrogen-bond acceptors (Lipinski definition) is 6. The minimum absolute atomic E-state index is 0.0671. The van der Waals surface area contributed by atoms with Gasteiger partial charge in [0.25, 0.3) is 0 Å². The van der Waals surface area contributed by atoms with Gasteiger partial charge in [0.2, 0.25) is 0 Å². The monoisotopic (exact) mass is 308 g/mol. The summed E-state index contributed by atoms with van der Waals surface area (Å²) in [4.78, 5) is 20.6. The average molecular weight is 308 g/mol. The molecule has 0 aliphatic heterocycles. The highest BCUT2D eigenvalue weighted by Crippen LogP contribution is 2.35. The first-order valence-electron chi connectivity index (χ1n) is 5.73. The zero-order valence-electron chi connectivity index (χ0n) is 11.0. The van der Waals surface area contributed by atoms with Crippen molar-refractivity contribution in [3.05, 3.63) is 47.5 Å². The summed E-state index contributed by atoms with van der Waals surface area (Å²) in [6.45, 7) is 0. The highest BCUT2D eigenvalue weighted by atomic mass is 16.4. The first kappa shape index (κ1) is 16.6. The maximum Gasteiger partial charge on any atom is 0.339 e. The van der Waals surface area contributed by atoms with Gasteiger partial charge in [-0.25, -0.2) is 9.59 Å². The van der Waals surface area contributed by atoms with E-state index in [0.717, 1.165) is 12.1 Å². The first-order chi connectivity index (χ1) is 10.2. The number of hydrogen-bond donors (Lipinski definition) is 6. The summed E-state index contributed by atoms with van der Waals surface area (Å²) in [7, 11) is 0. The fourth-order valence-corrected chi connectivity index (χ4v) is 1.38. The summed E-state index contributed by atoms with van der Waals surface area (Å²) < 4.78 is 0. The third-order valence-electron chi connectivity index (χ3n) is 2.45. The van der Waals surface area contributed by atoms with Gasteiger partial charge in [-0.2, -0.15) is 0 Å². The van der Waals surface area contributed by atoms with E-state index in [9.17, 15) is 9.59 Å². The molecule has 2 rings (SSSR count). The van der Waals surface area contributed by atoms with Gasteiger partial charge in [-0.05, 0) is 24.3 Å². The molecule has 0 saturated heterocycles. The fourth-order valence-electron chi connectivity index (χ4n) is 1.38. The quantitative estimate of drug-likeness (QED) is 0.457. The molecule has 8 nitrogen and oxygen atoms in total. The number of aromatic carboxylic acids is 2. The lowest BCUT2D eigenvalue weighted by molar-refractivity contribution is 0.0684. The van der Waals surface area contributed by atoms with E-state index < -0.39 is 29.2 Å².